The first-order chi connectivity index (χ1) is 8.29. The van der Waals surface area contributed by atoms with Gasteiger partial charge in [0.2, 0.25) is 5.95 Å². The zero-order valence-corrected chi connectivity index (χ0v) is 9.99. The second-order valence-corrected chi connectivity index (χ2v) is 4.15. The van der Waals surface area contributed by atoms with E-state index in [1.807, 2.05) is 18.2 Å². The lowest BCUT2D eigenvalue weighted by atomic mass is 10.0. The number of aryl methyl sites for hydroxylation is 1. The van der Waals surface area contributed by atoms with Gasteiger partial charge in [-0.1, -0.05) is 43.7 Å². The molecule has 0 radical (unpaired) electrons. The largest absolute Gasteiger partial charge is 0.220 e. The van der Waals surface area contributed by atoms with E-state index in [0.717, 1.165) is 12.0 Å². The Morgan fingerprint density at radius 3 is 2.47 bits per heavy atom. The molecule has 0 aliphatic carbocycles. The Morgan fingerprint density at radius 2 is 1.82 bits per heavy atom. The second-order valence-electron chi connectivity index (χ2n) is 4.15. The smallest absolute Gasteiger partial charge is 0.213 e. The number of pyridine rings is 1. The summed E-state index contributed by atoms with van der Waals surface area (Å²) in [6.45, 7) is 2.19. The zero-order chi connectivity index (χ0) is 12.1. The Bertz CT molecular complexity index is 477. The van der Waals surface area contributed by atoms with Gasteiger partial charge in [0.25, 0.3) is 0 Å². The maximum Gasteiger partial charge on any atom is 0.213 e. The van der Waals surface area contributed by atoms with E-state index in [1.165, 1.54) is 24.5 Å². The van der Waals surface area contributed by atoms with Crippen molar-refractivity contribution in [2.45, 2.75) is 26.2 Å². The maximum atomic E-state index is 13.0. The molecule has 88 valence electrons. The van der Waals surface area contributed by atoms with Crippen LogP contribution in [0.2, 0.25) is 0 Å². The Balaban J connectivity index is 2.17. The van der Waals surface area contributed by atoms with Crippen molar-refractivity contribution in [3.05, 3.63) is 54.0 Å². The molecule has 0 fully saturated rings. The molecular formula is C15H16FN. The van der Waals surface area contributed by atoms with Crippen molar-refractivity contribution < 1.29 is 4.39 Å². The highest BCUT2D eigenvalue weighted by Crippen LogP contribution is 2.18. The highest BCUT2D eigenvalue weighted by Gasteiger charge is 2.00. The number of halogens is 1. The summed E-state index contributed by atoms with van der Waals surface area (Å²) in [6.07, 6.45) is 3.51. The van der Waals surface area contributed by atoms with Crippen LogP contribution in [-0.4, -0.2) is 4.98 Å². The molecule has 0 saturated carbocycles. The molecule has 0 saturated heterocycles. The van der Waals surface area contributed by atoms with Gasteiger partial charge in [0.1, 0.15) is 0 Å². The second kappa shape index (κ2) is 5.58. The highest BCUT2D eigenvalue weighted by atomic mass is 19.1. The Kier molecular flexibility index (Phi) is 3.86. The van der Waals surface area contributed by atoms with Crippen molar-refractivity contribution in [1.29, 1.82) is 0 Å². The molecule has 0 aliphatic heterocycles. The monoisotopic (exact) mass is 229 g/mol. The molecule has 0 aliphatic rings. The van der Waals surface area contributed by atoms with E-state index >= 15 is 0 Å². The molecule has 2 rings (SSSR count). The lowest BCUT2D eigenvalue weighted by molar-refractivity contribution is 0.585. The lowest BCUT2D eigenvalue weighted by Crippen LogP contribution is -1.88. The third-order valence-electron chi connectivity index (χ3n) is 2.78. The number of aromatic nitrogens is 1. The number of nitrogens with zero attached hydrogens (tertiary/aromatic N) is 1. The summed E-state index contributed by atoms with van der Waals surface area (Å²) in [5, 5.41) is 0. The van der Waals surface area contributed by atoms with E-state index in [1.54, 1.807) is 6.07 Å². The minimum absolute atomic E-state index is 0.433. The quantitative estimate of drug-likeness (QED) is 0.715. The fourth-order valence-electron chi connectivity index (χ4n) is 1.79. The topological polar surface area (TPSA) is 12.9 Å². The fraction of sp³-hybridized carbons (Fsp3) is 0.267. The zero-order valence-electron chi connectivity index (χ0n) is 9.99. The Labute approximate surface area is 101 Å². The summed E-state index contributed by atoms with van der Waals surface area (Å²) < 4.78 is 13.0. The van der Waals surface area contributed by atoms with Gasteiger partial charge in [0.15, 0.2) is 0 Å². The van der Waals surface area contributed by atoms with Crippen LogP contribution >= 0.6 is 0 Å². The van der Waals surface area contributed by atoms with E-state index < -0.39 is 5.95 Å². The average Bonchev–Trinajstić information content (AvgIpc) is 2.37. The first-order valence-electron chi connectivity index (χ1n) is 6.01. The molecule has 1 heterocycles. The summed E-state index contributed by atoms with van der Waals surface area (Å²) in [7, 11) is 0. The minimum atomic E-state index is -0.433. The number of hydrogen-bond donors (Lipinski definition) is 0. The average molecular weight is 229 g/mol. The molecule has 0 amide bonds. The van der Waals surface area contributed by atoms with Gasteiger partial charge < -0.3 is 0 Å². The van der Waals surface area contributed by atoms with Crippen LogP contribution in [0.15, 0.2) is 42.5 Å². The van der Waals surface area contributed by atoms with Crippen LogP contribution in [0.3, 0.4) is 0 Å². The van der Waals surface area contributed by atoms with Gasteiger partial charge in [-0.05, 0) is 30.5 Å². The molecule has 0 spiro atoms. The number of hydrogen-bond acceptors (Lipinski definition) is 1. The third kappa shape index (κ3) is 3.13. The van der Waals surface area contributed by atoms with Crippen molar-refractivity contribution in [3.63, 3.8) is 0 Å². The minimum Gasteiger partial charge on any atom is -0.220 e. The molecule has 1 aromatic heterocycles. The van der Waals surface area contributed by atoms with Crippen molar-refractivity contribution in [2.75, 3.05) is 0 Å². The van der Waals surface area contributed by atoms with Gasteiger partial charge in [-0.2, -0.15) is 4.39 Å². The molecule has 0 atom stereocenters. The van der Waals surface area contributed by atoms with Crippen molar-refractivity contribution >= 4 is 0 Å². The standard InChI is InChI=1S/C15H16FN/c1-2-3-5-12-8-10-13(11-9-12)14-6-4-7-15(16)17-14/h4,6-11H,2-3,5H2,1H3. The van der Waals surface area contributed by atoms with E-state index in [2.05, 4.69) is 24.0 Å². The highest BCUT2D eigenvalue weighted by molar-refractivity contribution is 5.59. The van der Waals surface area contributed by atoms with Gasteiger partial charge in [0.05, 0.1) is 5.69 Å². The van der Waals surface area contributed by atoms with Gasteiger partial charge in [-0.25, -0.2) is 4.98 Å². The molecule has 2 aromatic rings. The van der Waals surface area contributed by atoms with Crippen LogP contribution < -0.4 is 0 Å². The summed E-state index contributed by atoms with van der Waals surface area (Å²) in [6, 6.07) is 13.1. The van der Waals surface area contributed by atoms with E-state index in [-0.39, 0.29) is 0 Å². The Morgan fingerprint density at radius 1 is 1.06 bits per heavy atom. The number of benzene rings is 1. The predicted molar refractivity (Wildman–Crippen MR) is 68.2 cm³/mol. The summed E-state index contributed by atoms with van der Waals surface area (Å²) in [5.41, 5.74) is 2.98. The van der Waals surface area contributed by atoms with E-state index in [0.29, 0.717) is 5.69 Å². The molecule has 0 N–H and O–H groups in total. The summed E-state index contributed by atoms with van der Waals surface area (Å²) in [5.74, 6) is -0.433. The van der Waals surface area contributed by atoms with Crippen LogP contribution in [0, 0.1) is 5.95 Å². The van der Waals surface area contributed by atoms with Crippen LogP contribution in [0.5, 0.6) is 0 Å². The normalized spacial score (nSPS) is 10.5. The maximum absolute atomic E-state index is 13.0. The molecule has 0 unspecified atom stereocenters. The first kappa shape index (κ1) is 11.8. The molecule has 17 heavy (non-hydrogen) atoms. The van der Waals surface area contributed by atoms with Gasteiger partial charge >= 0.3 is 0 Å². The first-order valence-corrected chi connectivity index (χ1v) is 6.01. The summed E-state index contributed by atoms with van der Waals surface area (Å²) in [4.78, 5) is 3.87. The molecule has 2 heteroatoms. The van der Waals surface area contributed by atoms with Crippen molar-refractivity contribution in [2.24, 2.45) is 0 Å². The molecule has 1 aromatic carbocycles. The van der Waals surface area contributed by atoms with Gasteiger partial charge in [-0.3, -0.25) is 0 Å². The van der Waals surface area contributed by atoms with Crippen LogP contribution in [0.1, 0.15) is 25.3 Å². The lowest BCUT2D eigenvalue weighted by Gasteiger charge is -2.03. The summed E-state index contributed by atoms with van der Waals surface area (Å²) >= 11 is 0. The van der Waals surface area contributed by atoms with Crippen LogP contribution in [-0.2, 0) is 6.42 Å². The third-order valence-corrected chi connectivity index (χ3v) is 2.78. The van der Waals surface area contributed by atoms with E-state index in [9.17, 15) is 4.39 Å². The van der Waals surface area contributed by atoms with Gasteiger partial charge in [0, 0.05) is 5.56 Å². The van der Waals surface area contributed by atoms with Crippen LogP contribution in [0.4, 0.5) is 4.39 Å². The molecular weight excluding hydrogens is 213 g/mol. The number of rotatable bonds is 4. The van der Waals surface area contributed by atoms with E-state index in [4.69, 9.17) is 0 Å². The van der Waals surface area contributed by atoms with Crippen molar-refractivity contribution in [3.8, 4) is 11.3 Å². The number of unbranched alkanes of at least 4 members (excludes halogenated alkanes) is 1. The predicted octanol–water partition coefficient (Wildman–Crippen LogP) is 4.23. The van der Waals surface area contributed by atoms with Crippen molar-refractivity contribution in [1.82, 2.24) is 4.98 Å². The fourth-order valence-corrected chi connectivity index (χ4v) is 1.79. The van der Waals surface area contributed by atoms with Crippen LogP contribution in [0.25, 0.3) is 11.3 Å². The SMILES string of the molecule is CCCCc1ccc(-c2cccc(F)n2)cc1. The van der Waals surface area contributed by atoms with Gasteiger partial charge in [-0.15, -0.1) is 0 Å². The molecule has 1 nitrogen and oxygen atoms in total. The molecule has 0 bridgehead atoms. The Hall–Kier alpha value is -1.70.